The monoisotopic (exact) mass is 267 g/mol. The summed E-state index contributed by atoms with van der Waals surface area (Å²) >= 11 is 0. The molecule has 0 unspecified atom stereocenters. The fourth-order valence-electron chi connectivity index (χ4n) is 1.62. The summed E-state index contributed by atoms with van der Waals surface area (Å²) in [5.74, 6) is 0.374. The molecular weight excluding hydrogens is 255 g/mol. The van der Waals surface area contributed by atoms with Crippen LogP contribution in [0.2, 0.25) is 0 Å². The molecule has 0 amide bonds. The lowest BCUT2D eigenvalue weighted by Crippen LogP contribution is -2.10. The number of pyridine rings is 1. The number of hydrogen-bond donors (Lipinski definition) is 2. The van der Waals surface area contributed by atoms with Gasteiger partial charge < -0.3 is 11.1 Å². The average Bonchev–Trinajstić information content (AvgIpc) is 2.37. The minimum atomic E-state index is -4.37. The molecule has 0 saturated carbocycles. The lowest BCUT2D eigenvalue weighted by atomic mass is 10.1. The van der Waals surface area contributed by atoms with Gasteiger partial charge in [0.05, 0.1) is 5.56 Å². The van der Waals surface area contributed by atoms with Crippen molar-refractivity contribution in [1.82, 2.24) is 4.98 Å². The van der Waals surface area contributed by atoms with Crippen LogP contribution in [0.1, 0.15) is 11.1 Å². The summed E-state index contributed by atoms with van der Waals surface area (Å²) < 4.78 is 38.3. The Kier molecular flexibility index (Phi) is 3.59. The Hall–Kier alpha value is -2.24. The van der Waals surface area contributed by atoms with Crippen molar-refractivity contribution in [2.75, 3.05) is 11.1 Å². The van der Waals surface area contributed by atoms with E-state index in [4.69, 9.17) is 5.73 Å². The zero-order valence-electron chi connectivity index (χ0n) is 9.91. The fraction of sp³-hybridized carbons (Fsp3) is 0.154. The van der Waals surface area contributed by atoms with Crippen LogP contribution in [0.25, 0.3) is 0 Å². The number of rotatable bonds is 3. The molecule has 0 bridgehead atoms. The number of nitrogens with zero attached hydrogens (tertiary/aromatic N) is 1. The molecule has 0 aliphatic rings. The zero-order chi connectivity index (χ0) is 13.9. The summed E-state index contributed by atoms with van der Waals surface area (Å²) in [6, 6.07) is 8.67. The molecule has 0 saturated heterocycles. The van der Waals surface area contributed by atoms with Gasteiger partial charge in [-0.2, -0.15) is 13.2 Å². The number of nitrogen functional groups attached to an aromatic ring is 1. The van der Waals surface area contributed by atoms with Crippen LogP contribution in [0.4, 0.5) is 24.7 Å². The molecule has 0 aliphatic heterocycles. The standard InChI is InChI=1S/C13H12F3N3/c14-13(15,16)10-3-1-2-4-11(10)18-7-9-5-6-12(17)19-8-9/h1-6,8,18H,7H2,(H2,17,19). The van der Waals surface area contributed by atoms with Crippen LogP contribution in [0.3, 0.4) is 0 Å². The van der Waals surface area contributed by atoms with Crippen LogP contribution < -0.4 is 11.1 Å². The number of anilines is 2. The lowest BCUT2D eigenvalue weighted by molar-refractivity contribution is -0.136. The number of benzene rings is 1. The second-order valence-corrected chi connectivity index (χ2v) is 3.99. The Balaban J connectivity index is 2.14. The van der Waals surface area contributed by atoms with Crippen LogP contribution >= 0.6 is 0 Å². The van der Waals surface area contributed by atoms with Crippen molar-refractivity contribution < 1.29 is 13.2 Å². The number of nitrogens with one attached hydrogen (secondary N) is 1. The summed E-state index contributed by atoms with van der Waals surface area (Å²) in [7, 11) is 0. The highest BCUT2D eigenvalue weighted by Crippen LogP contribution is 2.34. The van der Waals surface area contributed by atoms with Gasteiger partial charge in [-0.15, -0.1) is 0 Å². The molecule has 19 heavy (non-hydrogen) atoms. The van der Waals surface area contributed by atoms with E-state index in [0.29, 0.717) is 5.82 Å². The van der Waals surface area contributed by atoms with E-state index in [2.05, 4.69) is 10.3 Å². The molecule has 2 rings (SSSR count). The van der Waals surface area contributed by atoms with Crippen LogP contribution in [0, 0.1) is 0 Å². The van der Waals surface area contributed by atoms with Crippen molar-refractivity contribution >= 4 is 11.5 Å². The average molecular weight is 267 g/mol. The van der Waals surface area contributed by atoms with Gasteiger partial charge in [0.2, 0.25) is 0 Å². The highest BCUT2D eigenvalue weighted by Gasteiger charge is 2.32. The van der Waals surface area contributed by atoms with Crippen LogP contribution in [0.15, 0.2) is 42.6 Å². The van der Waals surface area contributed by atoms with Crippen molar-refractivity contribution in [2.24, 2.45) is 0 Å². The molecule has 0 atom stereocenters. The van der Waals surface area contributed by atoms with E-state index in [1.807, 2.05) is 0 Å². The van der Waals surface area contributed by atoms with Gasteiger partial charge >= 0.3 is 6.18 Å². The molecule has 3 N–H and O–H groups in total. The molecule has 3 nitrogen and oxygen atoms in total. The number of hydrogen-bond acceptors (Lipinski definition) is 3. The van der Waals surface area contributed by atoms with E-state index in [1.54, 1.807) is 18.2 Å². The SMILES string of the molecule is Nc1ccc(CNc2ccccc2C(F)(F)F)cn1. The Morgan fingerprint density at radius 2 is 1.84 bits per heavy atom. The maximum Gasteiger partial charge on any atom is 0.418 e. The molecule has 1 aromatic carbocycles. The summed E-state index contributed by atoms with van der Waals surface area (Å²) in [5, 5.41) is 2.75. The third-order valence-electron chi connectivity index (χ3n) is 2.56. The molecule has 2 aromatic rings. The molecule has 0 radical (unpaired) electrons. The first-order valence-electron chi connectivity index (χ1n) is 5.57. The van der Waals surface area contributed by atoms with Crippen molar-refractivity contribution in [3.05, 3.63) is 53.7 Å². The van der Waals surface area contributed by atoms with Crippen LogP contribution in [0.5, 0.6) is 0 Å². The fourth-order valence-corrected chi connectivity index (χ4v) is 1.62. The number of aromatic nitrogens is 1. The van der Waals surface area contributed by atoms with E-state index in [1.165, 1.54) is 18.3 Å². The summed E-state index contributed by atoms with van der Waals surface area (Å²) in [6.07, 6.45) is -2.85. The van der Waals surface area contributed by atoms with Gasteiger partial charge in [-0.05, 0) is 23.8 Å². The molecule has 0 aliphatic carbocycles. The predicted octanol–water partition coefficient (Wildman–Crippen LogP) is 3.29. The maximum atomic E-state index is 12.8. The predicted molar refractivity (Wildman–Crippen MR) is 67.4 cm³/mol. The number of para-hydroxylation sites is 1. The van der Waals surface area contributed by atoms with Crippen molar-refractivity contribution in [1.29, 1.82) is 0 Å². The van der Waals surface area contributed by atoms with E-state index in [9.17, 15) is 13.2 Å². The van der Waals surface area contributed by atoms with E-state index in [-0.39, 0.29) is 12.2 Å². The zero-order valence-corrected chi connectivity index (χ0v) is 9.91. The molecule has 1 heterocycles. The normalized spacial score (nSPS) is 11.3. The van der Waals surface area contributed by atoms with Crippen molar-refractivity contribution in [2.45, 2.75) is 12.7 Å². The minimum Gasteiger partial charge on any atom is -0.384 e. The van der Waals surface area contributed by atoms with Crippen molar-refractivity contribution in [3.8, 4) is 0 Å². The van der Waals surface area contributed by atoms with Crippen LogP contribution in [-0.4, -0.2) is 4.98 Å². The van der Waals surface area contributed by atoms with Crippen LogP contribution in [-0.2, 0) is 12.7 Å². The second-order valence-electron chi connectivity index (χ2n) is 3.99. The quantitative estimate of drug-likeness (QED) is 0.897. The summed E-state index contributed by atoms with van der Waals surface area (Å²) in [5.41, 5.74) is 5.56. The van der Waals surface area contributed by atoms with E-state index >= 15 is 0 Å². The molecule has 1 aromatic heterocycles. The minimum absolute atomic E-state index is 0.0480. The highest BCUT2D eigenvalue weighted by molar-refractivity contribution is 5.52. The number of alkyl halides is 3. The van der Waals surface area contributed by atoms with Gasteiger partial charge in [-0.25, -0.2) is 4.98 Å². The molecule has 100 valence electrons. The van der Waals surface area contributed by atoms with Gasteiger partial charge in [0.1, 0.15) is 5.82 Å². The Labute approximate surface area is 108 Å². The number of halogens is 3. The van der Waals surface area contributed by atoms with E-state index in [0.717, 1.165) is 11.6 Å². The first-order valence-corrected chi connectivity index (χ1v) is 5.57. The molecular formula is C13H12F3N3. The Morgan fingerprint density at radius 1 is 1.11 bits per heavy atom. The Morgan fingerprint density at radius 3 is 2.47 bits per heavy atom. The second kappa shape index (κ2) is 5.17. The first-order chi connectivity index (χ1) is 8.97. The van der Waals surface area contributed by atoms with E-state index < -0.39 is 11.7 Å². The smallest absolute Gasteiger partial charge is 0.384 e. The van der Waals surface area contributed by atoms with Gasteiger partial charge in [-0.3, -0.25) is 0 Å². The third kappa shape index (κ3) is 3.37. The van der Waals surface area contributed by atoms with Gasteiger partial charge in [0.25, 0.3) is 0 Å². The Bertz CT molecular complexity index is 550. The highest BCUT2D eigenvalue weighted by atomic mass is 19.4. The molecule has 6 heteroatoms. The van der Waals surface area contributed by atoms with Gasteiger partial charge in [-0.1, -0.05) is 18.2 Å². The first kappa shape index (κ1) is 13.2. The van der Waals surface area contributed by atoms with Gasteiger partial charge in [0.15, 0.2) is 0 Å². The van der Waals surface area contributed by atoms with Crippen molar-refractivity contribution in [3.63, 3.8) is 0 Å². The number of nitrogens with two attached hydrogens (primary N) is 1. The van der Waals surface area contributed by atoms with Gasteiger partial charge in [0, 0.05) is 18.4 Å². The lowest BCUT2D eigenvalue weighted by Gasteiger charge is -2.14. The molecule has 0 fully saturated rings. The topological polar surface area (TPSA) is 50.9 Å². The summed E-state index contributed by atoms with van der Waals surface area (Å²) in [4.78, 5) is 3.88. The third-order valence-corrected chi connectivity index (χ3v) is 2.56. The maximum absolute atomic E-state index is 12.8. The molecule has 0 spiro atoms. The summed E-state index contributed by atoms with van der Waals surface area (Å²) in [6.45, 7) is 0.250. The largest absolute Gasteiger partial charge is 0.418 e.